The van der Waals surface area contributed by atoms with E-state index in [9.17, 15) is 14.7 Å². The Morgan fingerprint density at radius 2 is 2.12 bits per heavy atom. The first-order valence-corrected chi connectivity index (χ1v) is 9.21. The largest absolute Gasteiger partial charge is 0.381 e. The maximum Gasteiger partial charge on any atom is 0.237 e. The molecule has 2 atom stereocenters. The van der Waals surface area contributed by atoms with Gasteiger partial charge < -0.3 is 15.7 Å². The van der Waals surface area contributed by atoms with Crippen molar-refractivity contribution in [3.8, 4) is 0 Å². The van der Waals surface area contributed by atoms with Gasteiger partial charge in [-0.05, 0) is 75.8 Å². The van der Waals surface area contributed by atoms with Crippen molar-refractivity contribution < 1.29 is 14.7 Å². The highest BCUT2D eigenvalue weighted by Crippen LogP contribution is 2.64. The van der Waals surface area contributed by atoms with Crippen molar-refractivity contribution >= 4 is 11.7 Å². The van der Waals surface area contributed by atoms with Gasteiger partial charge in [0.15, 0.2) is 5.78 Å². The fraction of sp³-hybridized carbons (Fsp3) is 0.600. The van der Waals surface area contributed by atoms with Gasteiger partial charge >= 0.3 is 0 Å². The molecule has 3 aliphatic carbocycles. The van der Waals surface area contributed by atoms with E-state index in [0.717, 1.165) is 54.5 Å². The molecule has 0 radical (unpaired) electrons. The molecule has 1 spiro atoms. The fourth-order valence-corrected chi connectivity index (χ4v) is 4.85. The number of carbonyl (C=O) groups excluding carboxylic acids is 2. The van der Waals surface area contributed by atoms with E-state index in [1.165, 1.54) is 0 Å². The van der Waals surface area contributed by atoms with E-state index in [1.807, 2.05) is 19.9 Å². The van der Waals surface area contributed by atoms with E-state index in [1.54, 1.807) is 6.92 Å². The summed E-state index contributed by atoms with van der Waals surface area (Å²) in [6.45, 7) is 6.99. The van der Waals surface area contributed by atoms with Crippen molar-refractivity contribution in [1.82, 2.24) is 10.6 Å². The highest BCUT2D eigenvalue weighted by atomic mass is 16.3. The van der Waals surface area contributed by atoms with E-state index in [2.05, 4.69) is 10.6 Å². The van der Waals surface area contributed by atoms with Crippen molar-refractivity contribution in [2.75, 3.05) is 13.1 Å². The molecule has 4 rings (SSSR count). The van der Waals surface area contributed by atoms with Crippen LogP contribution in [0.25, 0.3) is 0 Å². The topological polar surface area (TPSA) is 78.4 Å². The van der Waals surface area contributed by atoms with E-state index < -0.39 is 11.0 Å². The third-order valence-corrected chi connectivity index (χ3v) is 6.69. The molecule has 0 aromatic heterocycles. The number of aliphatic hydroxyl groups is 1. The minimum absolute atomic E-state index is 0.0276. The first-order chi connectivity index (χ1) is 11.8. The van der Waals surface area contributed by atoms with E-state index in [4.69, 9.17) is 0 Å². The zero-order valence-corrected chi connectivity index (χ0v) is 15.2. The Hall–Kier alpha value is -1.72. The Morgan fingerprint density at radius 3 is 2.72 bits per heavy atom. The Morgan fingerprint density at radius 1 is 1.40 bits per heavy atom. The number of amides is 1. The molecule has 1 saturated carbocycles. The van der Waals surface area contributed by atoms with Crippen LogP contribution in [0.15, 0.2) is 33.9 Å². The molecule has 2 fully saturated rings. The average Bonchev–Trinajstić information content (AvgIpc) is 3.08. The molecule has 4 aliphatic rings. The van der Waals surface area contributed by atoms with Gasteiger partial charge in [-0.2, -0.15) is 0 Å². The van der Waals surface area contributed by atoms with Gasteiger partial charge in [0.2, 0.25) is 5.91 Å². The maximum atomic E-state index is 12.9. The van der Waals surface area contributed by atoms with Gasteiger partial charge in [0.05, 0.1) is 6.04 Å². The standard InChI is InChI=1S/C20H26N2O3/c1-11-9-13-16(12(2)20(6-7-20)19(3,25)17(13)23)14(11)10-22-18(24)15-5-4-8-21-15/h9,15,21,25H,4-8,10H2,1-3H3,(H,22,24)/t15?,19-/m0/s1. The summed E-state index contributed by atoms with van der Waals surface area (Å²) >= 11 is 0. The lowest BCUT2D eigenvalue weighted by atomic mass is 9.67. The molecule has 134 valence electrons. The summed E-state index contributed by atoms with van der Waals surface area (Å²) < 4.78 is 0. The predicted molar refractivity (Wildman–Crippen MR) is 94.8 cm³/mol. The van der Waals surface area contributed by atoms with Crippen LogP contribution in [0, 0.1) is 5.41 Å². The van der Waals surface area contributed by atoms with Gasteiger partial charge in [0, 0.05) is 17.5 Å². The number of ketones is 1. The fourth-order valence-electron chi connectivity index (χ4n) is 4.85. The highest BCUT2D eigenvalue weighted by Gasteiger charge is 2.65. The lowest BCUT2D eigenvalue weighted by molar-refractivity contribution is -0.137. The lowest BCUT2D eigenvalue weighted by Gasteiger charge is -2.39. The highest BCUT2D eigenvalue weighted by molar-refractivity contribution is 6.10. The van der Waals surface area contributed by atoms with Crippen LogP contribution < -0.4 is 10.6 Å². The van der Waals surface area contributed by atoms with E-state index in [0.29, 0.717) is 12.1 Å². The molecule has 1 amide bonds. The first kappa shape index (κ1) is 16.7. The van der Waals surface area contributed by atoms with Gasteiger partial charge in [0.25, 0.3) is 0 Å². The number of rotatable bonds is 3. The minimum atomic E-state index is -1.32. The molecule has 1 saturated heterocycles. The van der Waals surface area contributed by atoms with Crippen molar-refractivity contribution in [3.63, 3.8) is 0 Å². The summed E-state index contributed by atoms with van der Waals surface area (Å²) in [5, 5.41) is 17.1. The maximum absolute atomic E-state index is 12.9. The van der Waals surface area contributed by atoms with Gasteiger partial charge in [-0.1, -0.05) is 5.57 Å². The molecular formula is C20H26N2O3. The van der Waals surface area contributed by atoms with Crippen LogP contribution in [0.5, 0.6) is 0 Å². The average molecular weight is 342 g/mol. The second-order valence-corrected chi connectivity index (χ2v) is 8.07. The smallest absolute Gasteiger partial charge is 0.237 e. The zero-order valence-electron chi connectivity index (χ0n) is 15.2. The van der Waals surface area contributed by atoms with Gasteiger partial charge in [0.1, 0.15) is 5.60 Å². The van der Waals surface area contributed by atoms with Crippen molar-refractivity contribution in [2.24, 2.45) is 5.41 Å². The third kappa shape index (κ3) is 2.22. The van der Waals surface area contributed by atoms with Gasteiger partial charge in [-0.25, -0.2) is 0 Å². The number of hydrogen-bond donors (Lipinski definition) is 3. The molecule has 1 heterocycles. The van der Waals surface area contributed by atoms with Gasteiger partial charge in [-0.15, -0.1) is 0 Å². The van der Waals surface area contributed by atoms with Crippen LogP contribution in [0.1, 0.15) is 46.5 Å². The Bertz CT molecular complexity index is 760. The second kappa shape index (κ2) is 5.39. The SMILES string of the molecule is CC1=C(CNC(=O)C2CCCN2)C2=C(C)C3(CC3)[C@@](C)(O)C(=O)C2=C1. The van der Waals surface area contributed by atoms with Crippen LogP contribution in [-0.4, -0.2) is 41.5 Å². The number of Topliss-reactive ketones (excluding diaryl/α,β-unsaturated/α-hetero) is 1. The number of fused-ring (bicyclic) bond motifs is 1. The molecule has 1 unspecified atom stereocenters. The summed E-state index contributed by atoms with van der Waals surface area (Å²) in [5.41, 5.74) is 2.97. The van der Waals surface area contributed by atoms with Crippen LogP contribution in [0.4, 0.5) is 0 Å². The van der Waals surface area contributed by atoms with Crippen LogP contribution in [0.3, 0.4) is 0 Å². The molecule has 3 N–H and O–H groups in total. The normalized spacial score (nSPS) is 33.0. The number of carbonyl (C=O) groups is 2. The predicted octanol–water partition coefficient (Wildman–Crippen LogP) is 1.54. The van der Waals surface area contributed by atoms with Crippen LogP contribution in [0.2, 0.25) is 0 Å². The second-order valence-electron chi connectivity index (χ2n) is 8.07. The Balaban J connectivity index is 1.62. The van der Waals surface area contributed by atoms with Gasteiger partial charge in [-0.3, -0.25) is 9.59 Å². The summed E-state index contributed by atoms with van der Waals surface area (Å²) in [6.07, 6.45) is 5.47. The Labute approximate surface area is 148 Å². The lowest BCUT2D eigenvalue weighted by Crippen LogP contribution is -2.49. The van der Waals surface area contributed by atoms with Crippen LogP contribution >= 0.6 is 0 Å². The minimum Gasteiger partial charge on any atom is -0.381 e. The molecule has 25 heavy (non-hydrogen) atoms. The third-order valence-electron chi connectivity index (χ3n) is 6.69. The summed E-state index contributed by atoms with van der Waals surface area (Å²) in [6, 6.07) is -0.103. The zero-order chi connectivity index (χ0) is 18.0. The molecule has 0 aromatic rings. The monoisotopic (exact) mass is 342 g/mol. The number of hydrogen-bond acceptors (Lipinski definition) is 4. The molecule has 5 nitrogen and oxygen atoms in total. The van der Waals surface area contributed by atoms with Crippen LogP contribution in [-0.2, 0) is 9.59 Å². The molecule has 5 heteroatoms. The molecular weight excluding hydrogens is 316 g/mol. The Kier molecular flexibility index (Phi) is 3.61. The van der Waals surface area contributed by atoms with Crippen molar-refractivity contribution in [1.29, 1.82) is 0 Å². The summed E-state index contributed by atoms with van der Waals surface area (Å²) in [7, 11) is 0. The number of nitrogens with one attached hydrogen (secondary N) is 2. The first-order valence-electron chi connectivity index (χ1n) is 9.21. The quantitative estimate of drug-likeness (QED) is 0.727. The number of allylic oxidation sites excluding steroid dienone is 2. The molecule has 0 bridgehead atoms. The van der Waals surface area contributed by atoms with Crippen molar-refractivity contribution in [2.45, 2.75) is 58.1 Å². The molecule has 0 aromatic carbocycles. The van der Waals surface area contributed by atoms with Crippen molar-refractivity contribution in [3.05, 3.63) is 33.9 Å². The van der Waals surface area contributed by atoms with E-state index >= 15 is 0 Å². The van der Waals surface area contributed by atoms with E-state index in [-0.39, 0.29) is 17.7 Å². The summed E-state index contributed by atoms with van der Waals surface area (Å²) in [4.78, 5) is 25.2. The summed E-state index contributed by atoms with van der Waals surface area (Å²) in [5.74, 6) is -0.150. The molecule has 1 aliphatic heterocycles.